The zero-order valence-electron chi connectivity index (χ0n) is 14.7. The van der Waals surface area contributed by atoms with Crippen LogP contribution in [0.1, 0.15) is 24.0 Å². The van der Waals surface area contributed by atoms with Crippen LogP contribution in [0.2, 0.25) is 0 Å². The van der Waals surface area contributed by atoms with Crippen LogP contribution in [0.25, 0.3) is 21.3 Å². The fourth-order valence-corrected chi connectivity index (χ4v) is 4.54. The first-order valence-corrected chi connectivity index (χ1v) is 9.71. The van der Waals surface area contributed by atoms with Gasteiger partial charge in [-0.05, 0) is 49.3 Å². The molecular weight excluding hydrogens is 330 g/mol. The van der Waals surface area contributed by atoms with Crippen molar-refractivity contribution < 1.29 is 5.11 Å². The molecule has 4 rings (SSSR count). The van der Waals surface area contributed by atoms with Crippen LogP contribution < -0.4 is 4.90 Å². The van der Waals surface area contributed by atoms with E-state index in [4.69, 9.17) is 0 Å². The molecule has 1 saturated heterocycles. The molecule has 130 valence electrons. The Hall–Kier alpha value is -1.98. The molecule has 1 aliphatic heterocycles. The van der Waals surface area contributed by atoms with Gasteiger partial charge in [-0.15, -0.1) is 11.3 Å². The number of piperidine rings is 1. The van der Waals surface area contributed by atoms with Crippen LogP contribution in [0.15, 0.2) is 29.9 Å². The van der Waals surface area contributed by atoms with E-state index in [9.17, 15) is 5.11 Å². The maximum absolute atomic E-state index is 9.56. The summed E-state index contributed by atoms with van der Waals surface area (Å²) in [6, 6.07) is 6.62. The third-order valence-corrected chi connectivity index (χ3v) is 6.13. The van der Waals surface area contributed by atoms with Gasteiger partial charge in [0.2, 0.25) is 0 Å². The Labute approximate surface area is 152 Å². The minimum atomic E-state index is 0.248. The van der Waals surface area contributed by atoms with Crippen molar-refractivity contribution in [3.8, 4) is 11.1 Å². The summed E-state index contributed by atoms with van der Waals surface area (Å²) in [5, 5.41) is 12.9. The Morgan fingerprint density at radius 1 is 1.24 bits per heavy atom. The number of aryl methyl sites for hydroxylation is 2. The maximum Gasteiger partial charge on any atom is 0.141 e. The molecule has 0 aliphatic carbocycles. The molecule has 1 aromatic carbocycles. The molecule has 4 nitrogen and oxygen atoms in total. The molecule has 0 spiro atoms. The van der Waals surface area contributed by atoms with Gasteiger partial charge < -0.3 is 10.0 Å². The van der Waals surface area contributed by atoms with E-state index < -0.39 is 0 Å². The van der Waals surface area contributed by atoms with E-state index in [1.54, 1.807) is 17.7 Å². The van der Waals surface area contributed by atoms with Crippen molar-refractivity contribution in [2.24, 2.45) is 5.92 Å². The highest BCUT2D eigenvalue weighted by Crippen LogP contribution is 2.39. The highest BCUT2D eigenvalue weighted by molar-refractivity contribution is 7.17. The van der Waals surface area contributed by atoms with Gasteiger partial charge >= 0.3 is 0 Å². The van der Waals surface area contributed by atoms with Gasteiger partial charge in [0.15, 0.2) is 0 Å². The van der Waals surface area contributed by atoms with Crippen molar-refractivity contribution in [2.45, 2.75) is 26.7 Å². The molecule has 0 unspecified atom stereocenters. The number of hydrogen-bond acceptors (Lipinski definition) is 5. The summed E-state index contributed by atoms with van der Waals surface area (Å²) in [4.78, 5) is 12.5. The van der Waals surface area contributed by atoms with Gasteiger partial charge in [-0.2, -0.15) is 0 Å². The molecule has 5 heteroatoms. The molecule has 0 bridgehead atoms. The molecule has 3 aromatic rings. The summed E-state index contributed by atoms with van der Waals surface area (Å²) >= 11 is 1.68. The lowest BCUT2D eigenvalue weighted by molar-refractivity contribution is 0.208. The highest BCUT2D eigenvalue weighted by Gasteiger charge is 2.24. The van der Waals surface area contributed by atoms with Crippen LogP contribution in [-0.4, -0.2) is 34.8 Å². The Balaban J connectivity index is 1.83. The van der Waals surface area contributed by atoms with Crippen molar-refractivity contribution in [1.29, 1.82) is 0 Å². The lowest BCUT2D eigenvalue weighted by Crippen LogP contribution is -2.37. The molecule has 1 aliphatic rings. The Kier molecular flexibility index (Phi) is 4.44. The molecule has 3 heterocycles. The quantitative estimate of drug-likeness (QED) is 0.767. The van der Waals surface area contributed by atoms with Gasteiger partial charge in [-0.25, -0.2) is 9.97 Å². The van der Waals surface area contributed by atoms with Crippen molar-refractivity contribution in [2.75, 3.05) is 24.6 Å². The van der Waals surface area contributed by atoms with Crippen LogP contribution in [0.3, 0.4) is 0 Å². The first-order chi connectivity index (χ1) is 12.2. The normalized spacial score (nSPS) is 18.0. The van der Waals surface area contributed by atoms with Crippen LogP contribution in [-0.2, 0) is 0 Å². The van der Waals surface area contributed by atoms with Gasteiger partial charge in [0.1, 0.15) is 17.0 Å². The number of aliphatic hydroxyl groups excluding tert-OH is 1. The number of thiophene rings is 1. The Morgan fingerprint density at radius 3 is 2.92 bits per heavy atom. The average Bonchev–Trinajstić information content (AvgIpc) is 3.08. The van der Waals surface area contributed by atoms with E-state index in [0.29, 0.717) is 5.92 Å². The summed E-state index contributed by atoms with van der Waals surface area (Å²) in [7, 11) is 0. The second kappa shape index (κ2) is 6.73. The van der Waals surface area contributed by atoms with E-state index in [2.05, 4.69) is 52.3 Å². The summed E-state index contributed by atoms with van der Waals surface area (Å²) < 4.78 is 0. The number of rotatable bonds is 3. The van der Waals surface area contributed by atoms with E-state index in [-0.39, 0.29) is 6.61 Å². The van der Waals surface area contributed by atoms with Crippen LogP contribution in [0.5, 0.6) is 0 Å². The van der Waals surface area contributed by atoms with E-state index in [1.165, 1.54) is 22.3 Å². The third-order valence-electron chi connectivity index (χ3n) is 5.24. The van der Waals surface area contributed by atoms with Gasteiger partial charge in [-0.1, -0.05) is 18.2 Å². The predicted octanol–water partition coefficient (Wildman–Crippen LogP) is 4.18. The SMILES string of the molecule is Cc1ccc(-c2csc3ncnc(N4CCC[C@@H](CO)C4)c23)cc1C. The smallest absolute Gasteiger partial charge is 0.141 e. The van der Waals surface area contributed by atoms with E-state index >= 15 is 0 Å². The molecule has 0 saturated carbocycles. The zero-order valence-corrected chi connectivity index (χ0v) is 15.5. The molecular formula is C20H23N3OS. The van der Waals surface area contributed by atoms with E-state index in [0.717, 1.165) is 42.0 Å². The summed E-state index contributed by atoms with van der Waals surface area (Å²) in [5.41, 5.74) is 5.04. The number of aliphatic hydroxyl groups is 1. The average molecular weight is 353 g/mol. The van der Waals surface area contributed by atoms with Gasteiger partial charge in [0.25, 0.3) is 0 Å². The van der Waals surface area contributed by atoms with Crippen LogP contribution in [0, 0.1) is 19.8 Å². The van der Waals surface area contributed by atoms with Crippen molar-refractivity contribution in [1.82, 2.24) is 9.97 Å². The number of anilines is 1. The number of aromatic nitrogens is 2. The third kappa shape index (κ3) is 3.02. The van der Waals surface area contributed by atoms with Crippen LogP contribution >= 0.6 is 11.3 Å². The molecule has 0 amide bonds. The lowest BCUT2D eigenvalue weighted by atomic mass is 9.97. The summed E-state index contributed by atoms with van der Waals surface area (Å²) in [6.07, 6.45) is 3.86. The Bertz CT molecular complexity index is 905. The number of nitrogens with zero attached hydrogens (tertiary/aromatic N) is 3. The topological polar surface area (TPSA) is 49.2 Å². The molecule has 25 heavy (non-hydrogen) atoms. The molecule has 2 aromatic heterocycles. The zero-order chi connectivity index (χ0) is 17.4. The first kappa shape index (κ1) is 16.5. The monoisotopic (exact) mass is 353 g/mol. The van der Waals surface area contributed by atoms with Gasteiger partial charge in [-0.3, -0.25) is 0 Å². The van der Waals surface area contributed by atoms with Crippen molar-refractivity contribution in [3.63, 3.8) is 0 Å². The van der Waals surface area contributed by atoms with Crippen molar-refractivity contribution in [3.05, 3.63) is 41.0 Å². The highest BCUT2D eigenvalue weighted by atomic mass is 32.1. The fourth-order valence-electron chi connectivity index (χ4n) is 3.63. The second-order valence-electron chi connectivity index (χ2n) is 6.96. The first-order valence-electron chi connectivity index (χ1n) is 8.83. The second-order valence-corrected chi connectivity index (χ2v) is 7.82. The van der Waals surface area contributed by atoms with Crippen LogP contribution in [0.4, 0.5) is 5.82 Å². The van der Waals surface area contributed by atoms with E-state index in [1.807, 2.05) is 0 Å². The Morgan fingerprint density at radius 2 is 2.12 bits per heavy atom. The lowest BCUT2D eigenvalue weighted by Gasteiger charge is -2.33. The molecule has 1 atom stereocenters. The van der Waals surface area contributed by atoms with Crippen molar-refractivity contribution >= 4 is 27.4 Å². The standard InChI is InChI=1S/C20H23N3OS/c1-13-5-6-16(8-14(13)2)17-11-25-20-18(17)19(21-12-22-20)23-7-3-4-15(9-23)10-24/h5-6,8,11-12,15,24H,3-4,7,9-10H2,1-2H3/t15-/m1/s1. The molecule has 1 fully saturated rings. The maximum atomic E-state index is 9.56. The fraction of sp³-hybridized carbons (Fsp3) is 0.400. The summed E-state index contributed by atoms with van der Waals surface area (Å²) in [5.74, 6) is 1.35. The molecule has 0 radical (unpaired) electrons. The van der Waals surface area contributed by atoms with Gasteiger partial charge in [0, 0.05) is 30.6 Å². The predicted molar refractivity (Wildman–Crippen MR) is 104 cm³/mol. The largest absolute Gasteiger partial charge is 0.396 e. The van der Waals surface area contributed by atoms with Gasteiger partial charge in [0.05, 0.1) is 5.39 Å². The number of fused-ring (bicyclic) bond motifs is 1. The minimum Gasteiger partial charge on any atom is -0.396 e. The summed E-state index contributed by atoms with van der Waals surface area (Å²) in [6.45, 7) is 6.40. The number of hydrogen-bond donors (Lipinski definition) is 1. The minimum absolute atomic E-state index is 0.248. The number of benzene rings is 1. The molecule has 1 N–H and O–H groups in total.